The summed E-state index contributed by atoms with van der Waals surface area (Å²) in [5.74, 6) is -0.0162. The van der Waals surface area contributed by atoms with Gasteiger partial charge in [-0.25, -0.2) is 0 Å². The molecular formula is C74H145NO5. The quantitative estimate of drug-likeness (QED) is 0.0320. The molecule has 0 bridgehead atoms. The van der Waals surface area contributed by atoms with Crippen molar-refractivity contribution in [1.82, 2.24) is 5.32 Å². The first-order valence-corrected chi connectivity index (χ1v) is 36.9. The molecule has 0 aliphatic carbocycles. The molecule has 0 aromatic rings. The summed E-state index contributed by atoms with van der Waals surface area (Å²) < 4.78 is 5.49. The largest absolute Gasteiger partial charge is 0.466 e. The minimum absolute atomic E-state index is 0.0107. The summed E-state index contributed by atoms with van der Waals surface area (Å²) in [6.07, 6.45) is 87.0. The Labute approximate surface area is 501 Å². The van der Waals surface area contributed by atoms with Gasteiger partial charge in [0.05, 0.1) is 25.4 Å². The second-order valence-corrected chi connectivity index (χ2v) is 25.6. The number of aliphatic hydroxyl groups excluding tert-OH is 2. The second kappa shape index (κ2) is 70.1. The van der Waals surface area contributed by atoms with Gasteiger partial charge in [0.25, 0.3) is 0 Å². The Balaban J connectivity index is 3.35. The lowest BCUT2D eigenvalue weighted by Gasteiger charge is -2.22. The molecule has 0 saturated heterocycles. The molecule has 0 aliphatic rings. The Morgan fingerprint density at radius 2 is 0.588 bits per heavy atom. The predicted octanol–water partition coefficient (Wildman–Crippen LogP) is 23.9. The lowest BCUT2D eigenvalue weighted by Crippen LogP contribution is -2.45. The molecule has 0 rings (SSSR count). The maximum atomic E-state index is 12.6. The van der Waals surface area contributed by atoms with Crippen LogP contribution >= 0.6 is 0 Å². The number of carbonyl (C=O) groups excluding carboxylic acids is 2. The van der Waals surface area contributed by atoms with Crippen molar-refractivity contribution < 1.29 is 24.5 Å². The lowest BCUT2D eigenvalue weighted by atomic mass is 10.0. The van der Waals surface area contributed by atoms with Crippen LogP contribution in [0, 0.1) is 0 Å². The van der Waals surface area contributed by atoms with Crippen molar-refractivity contribution in [2.24, 2.45) is 0 Å². The number of aliphatic hydroxyl groups is 2. The molecule has 80 heavy (non-hydrogen) atoms. The number of amides is 1. The van der Waals surface area contributed by atoms with Crippen LogP contribution in [0.5, 0.6) is 0 Å². The lowest BCUT2D eigenvalue weighted by molar-refractivity contribution is -0.143. The van der Waals surface area contributed by atoms with E-state index in [1.165, 1.54) is 347 Å². The monoisotopic (exact) mass is 1130 g/mol. The highest BCUT2D eigenvalue weighted by Gasteiger charge is 2.20. The van der Waals surface area contributed by atoms with E-state index in [0.717, 1.165) is 44.9 Å². The molecular weight excluding hydrogens is 983 g/mol. The van der Waals surface area contributed by atoms with Gasteiger partial charge in [0, 0.05) is 12.8 Å². The molecule has 6 heteroatoms. The van der Waals surface area contributed by atoms with Gasteiger partial charge in [0.15, 0.2) is 0 Å². The Morgan fingerprint density at radius 3 is 0.887 bits per heavy atom. The van der Waals surface area contributed by atoms with E-state index in [1.54, 1.807) is 0 Å². The van der Waals surface area contributed by atoms with E-state index in [0.29, 0.717) is 25.9 Å². The molecule has 2 unspecified atom stereocenters. The zero-order valence-electron chi connectivity index (χ0n) is 54.6. The van der Waals surface area contributed by atoms with Crippen LogP contribution in [0.2, 0.25) is 0 Å². The summed E-state index contributed by atoms with van der Waals surface area (Å²) in [5, 5.41) is 23.4. The van der Waals surface area contributed by atoms with Gasteiger partial charge >= 0.3 is 5.97 Å². The van der Waals surface area contributed by atoms with Crippen LogP contribution in [0.25, 0.3) is 0 Å². The summed E-state index contributed by atoms with van der Waals surface area (Å²) in [6.45, 7) is 4.99. The molecule has 0 heterocycles. The van der Waals surface area contributed by atoms with Gasteiger partial charge in [-0.05, 0) is 51.4 Å². The Hall–Kier alpha value is -1.40. The number of rotatable bonds is 70. The summed E-state index contributed by atoms with van der Waals surface area (Å²) >= 11 is 0. The third kappa shape index (κ3) is 65.7. The Kier molecular flexibility index (Phi) is 68.9. The van der Waals surface area contributed by atoms with Gasteiger partial charge in [-0.15, -0.1) is 0 Å². The molecule has 3 N–H and O–H groups in total. The number of hydrogen-bond acceptors (Lipinski definition) is 5. The molecule has 2 atom stereocenters. The summed E-state index contributed by atoms with van der Waals surface area (Å²) in [5.41, 5.74) is 0. The standard InChI is InChI=1S/C74H145NO5/c1-3-5-7-9-11-13-15-17-19-20-21-22-30-33-36-39-42-46-50-54-58-62-66-72(77)71(70-76)75-73(78)67-63-59-55-51-47-43-40-37-34-31-28-26-24-23-25-27-29-32-35-38-41-45-49-53-57-61-65-69-80-74(79)68-64-60-56-52-48-44-18-16-14-12-10-8-6-4-2/h16,18,71-72,76-77H,3-15,17,19-70H2,1-2H3,(H,75,78)/b18-16-. The predicted molar refractivity (Wildman–Crippen MR) is 352 cm³/mol. The average Bonchev–Trinajstić information content (AvgIpc) is 3.46. The van der Waals surface area contributed by atoms with E-state index in [4.69, 9.17) is 4.74 Å². The summed E-state index contributed by atoms with van der Waals surface area (Å²) in [6, 6.07) is -0.540. The van der Waals surface area contributed by atoms with E-state index in [1.807, 2.05) is 0 Å². The number of esters is 1. The molecule has 0 saturated carbocycles. The fourth-order valence-electron chi connectivity index (χ4n) is 11.9. The zero-order valence-corrected chi connectivity index (χ0v) is 54.6. The topological polar surface area (TPSA) is 95.9 Å². The highest BCUT2D eigenvalue weighted by molar-refractivity contribution is 5.76. The van der Waals surface area contributed by atoms with Crippen molar-refractivity contribution in [2.45, 2.75) is 437 Å². The molecule has 1 amide bonds. The number of unbranched alkanes of at least 4 members (excludes halogenated alkanes) is 57. The number of allylic oxidation sites excluding steroid dienone is 2. The average molecular weight is 1130 g/mol. The molecule has 0 aliphatic heterocycles. The van der Waals surface area contributed by atoms with E-state index in [9.17, 15) is 19.8 Å². The SMILES string of the molecule is CCCCCCC/C=C\CCCCCCCC(=O)OCCCCCCCCCCCCCCCCCCCCCCCCCCCCCC(=O)NC(CO)C(O)CCCCCCCCCCCCCCCCCCCCCCCC. The van der Waals surface area contributed by atoms with Crippen LogP contribution in [-0.2, 0) is 14.3 Å². The van der Waals surface area contributed by atoms with Crippen LogP contribution in [0.4, 0.5) is 0 Å². The minimum atomic E-state index is -0.663. The highest BCUT2D eigenvalue weighted by Crippen LogP contribution is 2.20. The van der Waals surface area contributed by atoms with Crippen molar-refractivity contribution >= 4 is 11.9 Å². The number of ether oxygens (including phenoxy) is 1. The van der Waals surface area contributed by atoms with Gasteiger partial charge in [0.2, 0.25) is 5.91 Å². The van der Waals surface area contributed by atoms with Crippen molar-refractivity contribution in [3.63, 3.8) is 0 Å². The second-order valence-electron chi connectivity index (χ2n) is 25.6. The Bertz CT molecular complexity index is 1210. The molecule has 6 nitrogen and oxygen atoms in total. The zero-order chi connectivity index (χ0) is 57.8. The first-order chi connectivity index (χ1) is 39.5. The molecule has 0 spiro atoms. The van der Waals surface area contributed by atoms with Gasteiger partial charge in [-0.3, -0.25) is 9.59 Å². The third-order valence-electron chi connectivity index (χ3n) is 17.6. The molecule has 0 radical (unpaired) electrons. The molecule has 476 valence electrons. The van der Waals surface area contributed by atoms with Crippen molar-refractivity contribution in [1.29, 1.82) is 0 Å². The summed E-state index contributed by atoms with van der Waals surface area (Å²) in [4.78, 5) is 24.6. The number of hydrogen-bond donors (Lipinski definition) is 3. The fourth-order valence-corrected chi connectivity index (χ4v) is 11.9. The van der Waals surface area contributed by atoms with Crippen LogP contribution in [0.1, 0.15) is 425 Å². The minimum Gasteiger partial charge on any atom is -0.466 e. The number of nitrogens with one attached hydrogen (secondary N) is 1. The maximum Gasteiger partial charge on any atom is 0.305 e. The maximum absolute atomic E-state index is 12.6. The van der Waals surface area contributed by atoms with Gasteiger partial charge < -0.3 is 20.3 Å². The fraction of sp³-hybridized carbons (Fsp3) is 0.946. The smallest absolute Gasteiger partial charge is 0.305 e. The normalized spacial score (nSPS) is 12.5. The van der Waals surface area contributed by atoms with Gasteiger partial charge in [-0.1, -0.05) is 373 Å². The van der Waals surface area contributed by atoms with Gasteiger partial charge in [0.1, 0.15) is 0 Å². The van der Waals surface area contributed by atoms with Crippen molar-refractivity contribution in [3.8, 4) is 0 Å². The third-order valence-corrected chi connectivity index (χ3v) is 17.6. The van der Waals surface area contributed by atoms with Gasteiger partial charge in [-0.2, -0.15) is 0 Å². The van der Waals surface area contributed by atoms with Crippen molar-refractivity contribution in [3.05, 3.63) is 12.2 Å². The van der Waals surface area contributed by atoms with E-state index in [-0.39, 0.29) is 18.5 Å². The molecule has 0 aromatic carbocycles. The first kappa shape index (κ1) is 78.6. The highest BCUT2D eigenvalue weighted by atomic mass is 16.5. The van der Waals surface area contributed by atoms with Crippen LogP contribution in [0.15, 0.2) is 12.2 Å². The van der Waals surface area contributed by atoms with E-state index < -0.39 is 12.1 Å². The number of carbonyl (C=O) groups is 2. The van der Waals surface area contributed by atoms with E-state index in [2.05, 4.69) is 31.3 Å². The molecule has 0 fully saturated rings. The van der Waals surface area contributed by atoms with Crippen molar-refractivity contribution in [2.75, 3.05) is 13.2 Å². The molecule has 0 aromatic heterocycles. The Morgan fingerprint density at radius 1 is 0.338 bits per heavy atom. The first-order valence-electron chi connectivity index (χ1n) is 36.9. The summed E-state index contributed by atoms with van der Waals surface area (Å²) in [7, 11) is 0. The van der Waals surface area contributed by atoms with Crippen LogP contribution in [0.3, 0.4) is 0 Å². The van der Waals surface area contributed by atoms with Crippen LogP contribution in [-0.4, -0.2) is 47.4 Å². The van der Waals surface area contributed by atoms with E-state index >= 15 is 0 Å². The van der Waals surface area contributed by atoms with Crippen LogP contribution < -0.4 is 5.32 Å².